The Morgan fingerprint density at radius 2 is 2.05 bits per heavy atom. The minimum absolute atomic E-state index is 0.0847. The van der Waals surface area contributed by atoms with E-state index in [4.69, 9.17) is 17.3 Å². The monoisotopic (exact) mass is 295 g/mol. The first-order chi connectivity index (χ1) is 9.06. The molecule has 2 unspecified atom stereocenters. The molecule has 3 nitrogen and oxygen atoms in total. The maximum Gasteiger partial charge on any atom is 0.0533 e. The highest BCUT2D eigenvalue weighted by atomic mass is 35.5. The van der Waals surface area contributed by atoms with Gasteiger partial charge >= 0.3 is 0 Å². The molecule has 0 amide bonds. The van der Waals surface area contributed by atoms with Crippen LogP contribution in [-0.2, 0) is 12.8 Å². The van der Waals surface area contributed by atoms with Gasteiger partial charge in [-0.3, -0.25) is 4.68 Å². The molecule has 1 aromatic heterocycles. The third-order valence-electron chi connectivity index (χ3n) is 2.87. The van der Waals surface area contributed by atoms with Gasteiger partial charge in [-0.2, -0.15) is 5.10 Å². The average Bonchev–Trinajstić information content (AvgIpc) is 2.78. The summed E-state index contributed by atoms with van der Waals surface area (Å²) in [6.45, 7) is 2.03. The lowest BCUT2D eigenvalue weighted by Gasteiger charge is -2.19. The molecule has 0 fully saturated rings. The number of hydrogen-bond donors (Lipinski definition) is 1. The van der Waals surface area contributed by atoms with Crippen LogP contribution in [0, 0.1) is 0 Å². The molecule has 5 heteroatoms. The smallest absolute Gasteiger partial charge is 0.0533 e. The van der Waals surface area contributed by atoms with E-state index in [2.05, 4.69) is 17.2 Å². The molecule has 2 aromatic rings. The molecule has 2 rings (SSSR count). The van der Waals surface area contributed by atoms with Crippen LogP contribution in [0.4, 0.5) is 0 Å². The number of hydrogen-bond acceptors (Lipinski definition) is 3. The molecule has 0 bridgehead atoms. The van der Waals surface area contributed by atoms with Gasteiger partial charge in [0.2, 0.25) is 0 Å². The summed E-state index contributed by atoms with van der Waals surface area (Å²) in [4.78, 5) is 0. The number of rotatable bonds is 5. The number of aromatic nitrogens is 2. The SMILES string of the molecule is CC(N)C(SCc1ccc(Cl)cc1)c1cnn(C)c1. The topological polar surface area (TPSA) is 43.8 Å². The van der Waals surface area contributed by atoms with E-state index in [0.717, 1.165) is 10.8 Å². The molecule has 0 aliphatic carbocycles. The molecule has 19 heavy (non-hydrogen) atoms. The third-order valence-corrected chi connectivity index (χ3v) is 4.69. The van der Waals surface area contributed by atoms with E-state index >= 15 is 0 Å². The van der Waals surface area contributed by atoms with Gasteiger partial charge in [-0.05, 0) is 24.6 Å². The van der Waals surface area contributed by atoms with E-state index < -0.39 is 0 Å². The van der Waals surface area contributed by atoms with Crippen molar-refractivity contribution in [3.8, 4) is 0 Å². The standard InChI is InChI=1S/C14H18ClN3S/c1-10(16)14(12-7-17-18(2)8-12)19-9-11-3-5-13(15)6-4-11/h3-8,10,14H,9,16H2,1-2H3. The molecule has 0 radical (unpaired) electrons. The largest absolute Gasteiger partial charge is 0.327 e. The van der Waals surface area contributed by atoms with Gasteiger partial charge < -0.3 is 5.73 Å². The summed E-state index contributed by atoms with van der Waals surface area (Å²) >= 11 is 7.72. The Hall–Kier alpha value is -0.970. The van der Waals surface area contributed by atoms with Crippen molar-refractivity contribution in [2.45, 2.75) is 24.0 Å². The summed E-state index contributed by atoms with van der Waals surface area (Å²) in [7, 11) is 1.92. The van der Waals surface area contributed by atoms with Gasteiger partial charge in [0.05, 0.1) is 6.20 Å². The highest BCUT2D eigenvalue weighted by Crippen LogP contribution is 2.33. The fourth-order valence-electron chi connectivity index (χ4n) is 1.91. The van der Waals surface area contributed by atoms with Crippen molar-refractivity contribution >= 4 is 23.4 Å². The number of nitrogens with two attached hydrogens (primary N) is 1. The van der Waals surface area contributed by atoms with Crippen molar-refractivity contribution in [1.29, 1.82) is 0 Å². The van der Waals surface area contributed by atoms with Crippen molar-refractivity contribution in [1.82, 2.24) is 9.78 Å². The first-order valence-corrected chi connectivity index (χ1v) is 7.59. The predicted octanol–water partition coefficient (Wildman–Crippen LogP) is 3.40. The Labute approximate surface area is 123 Å². The van der Waals surface area contributed by atoms with Gasteiger partial charge in [0.1, 0.15) is 0 Å². The maximum absolute atomic E-state index is 6.09. The first kappa shape index (κ1) is 14.4. The van der Waals surface area contributed by atoms with Crippen molar-refractivity contribution in [2.24, 2.45) is 12.8 Å². The van der Waals surface area contributed by atoms with Gasteiger partial charge in [0.15, 0.2) is 0 Å². The third kappa shape index (κ3) is 4.00. The van der Waals surface area contributed by atoms with Crippen LogP contribution in [0.3, 0.4) is 0 Å². The first-order valence-electron chi connectivity index (χ1n) is 6.16. The summed E-state index contributed by atoms with van der Waals surface area (Å²) < 4.78 is 1.81. The summed E-state index contributed by atoms with van der Waals surface area (Å²) in [6, 6.07) is 8.03. The van der Waals surface area contributed by atoms with Gasteiger partial charge in [0.25, 0.3) is 0 Å². The van der Waals surface area contributed by atoms with E-state index in [1.165, 1.54) is 11.1 Å². The number of aryl methyl sites for hydroxylation is 1. The minimum Gasteiger partial charge on any atom is -0.327 e. The Balaban J connectivity index is 2.03. The quantitative estimate of drug-likeness (QED) is 0.919. The molecule has 0 saturated heterocycles. The summed E-state index contributed by atoms with van der Waals surface area (Å²) in [6.07, 6.45) is 3.92. The van der Waals surface area contributed by atoms with Crippen molar-refractivity contribution in [2.75, 3.05) is 0 Å². The van der Waals surface area contributed by atoms with Crippen LogP contribution in [0.5, 0.6) is 0 Å². The summed E-state index contributed by atoms with van der Waals surface area (Å²) in [5.74, 6) is 0.915. The maximum atomic E-state index is 6.09. The molecule has 0 saturated carbocycles. The van der Waals surface area contributed by atoms with Crippen molar-refractivity contribution in [3.63, 3.8) is 0 Å². The highest BCUT2D eigenvalue weighted by molar-refractivity contribution is 7.98. The van der Waals surface area contributed by atoms with Crippen LogP contribution in [0.15, 0.2) is 36.7 Å². The van der Waals surface area contributed by atoms with E-state index in [1.54, 1.807) is 0 Å². The number of thioether (sulfide) groups is 1. The predicted molar refractivity (Wildman–Crippen MR) is 82.3 cm³/mol. The van der Waals surface area contributed by atoms with E-state index in [0.29, 0.717) is 0 Å². The lowest BCUT2D eigenvalue weighted by Crippen LogP contribution is -2.22. The second-order valence-electron chi connectivity index (χ2n) is 4.66. The molecule has 2 atom stereocenters. The minimum atomic E-state index is 0.0847. The molecule has 0 aliphatic heterocycles. The lowest BCUT2D eigenvalue weighted by atomic mass is 10.1. The van der Waals surface area contributed by atoms with Gasteiger partial charge in [-0.25, -0.2) is 0 Å². The average molecular weight is 296 g/mol. The molecule has 0 spiro atoms. The van der Waals surface area contributed by atoms with Crippen molar-refractivity contribution < 1.29 is 0 Å². The van der Waals surface area contributed by atoms with Crippen LogP contribution >= 0.6 is 23.4 Å². The number of benzene rings is 1. The zero-order valence-corrected chi connectivity index (χ0v) is 12.7. The molecular formula is C14H18ClN3S. The van der Waals surface area contributed by atoms with Crippen LogP contribution < -0.4 is 5.73 Å². The Kier molecular flexibility index (Phi) is 4.91. The molecule has 1 aromatic carbocycles. The van der Waals surface area contributed by atoms with Crippen molar-refractivity contribution in [3.05, 3.63) is 52.8 Å². The molecule has 102 valence electrons. The summed E-state index contributed by atoms with van der Waals surface area (Å²) in [5, 5.41) is 5.24. The molecular weight excluding hydrogens is 278 g/mol. The van der Waals surface area contributed by atoms with Gasteiger partial charge in [0, 0.05) is 40.9 Å². The van der Waals surface area contributed by atoms with Gasteiger partial charge in [-0.15, -0.1) is 11.8 Å². The Morgan fingerprint density at radius 1 is 1.37 bits per heavy atom. The molecule has 2 N–H and O–H groups in total. The Bertz CT molecular complexity index is 522. The van der Waals surface area contributed by atoms with E-state index in [-0.39, 0.29) is 11.3 Å². The van der Waals surface area contributed by atoms with E-state index in [1.807, 2.05) is 54.9 Å². The zero-order chi connectivity index (χ0) is 13.8. The highest BCUT2D eigenvalue weighted by Gasteiger charge is 2.18. The van der Waals surface area contributed by atoms with Crippen LogP contribution in [0.2, 0.25) is 5.02 Å². The molecule has 0 aliphatic rings. The van der Waals surface area contributed by atoms with Gasteiger partial charge in [-0.1, -0.05) is 23.7 Å². The van der Waals surface area contributed by atoms with Crippen LogP contribution in [0.1, 0.15) is 23.3 Å². The number of nitrogens with zero attached hydrogens (tertiary/aromatic N) is 2. The van der Waals surface area contributed by atoms with E-state index in [9.17, 15) is 0 Å². The fraction of sp³-hybridized carbons (Fsp3) is 0.357. The van der Waals surface area contributed by atoms with Crippen LogP contribution in [0.25, 0.3) is 0 Å². The zero-order valence-electron chi connectivity index (χ0n) is 11.1. The van der Waals surface area contributed by atoms with Crippen LogP contribution in [-0.4, -0.2) is 15.8 Å². The normalized spacial score (nSPS) is 14.3. The Morgan fingerprint density at radius 3 is 2.58 bits per heavy atom. The summed E-state index contributed by atoms with van der Waals surface area (Å²) in [5.41, 5.74) is 8.52. The second-order valence-corrected chi connectivity index (χ2v) is 6.23. The molecule has 1 heterocycles. The fourth-order valence-corrected chi connectivity index (χ4v) is 3.21. The lowest BCUT2D eigenvalue weighted by molar-refractivity contribution is 0.718. The second kappa shape index (κ2) is 6.46. The number of halogens is 1.